The summed E-state index contributed by atoms with van der Waals surface area (Å²) in [5.74, 6) is 0. The molecule has 0 radical (unpaired) electrons. The highest BCUT2D eigenvalue weighted by molar-refractivity contribution is 9.10. The zero-order chi connectivity index (χ0) is 11.8. The maximum absolute atomic E-state index is 4.37. The van der Waals surface area contributed by atoms with Gasteiger partial charge in [-0.2, -0.15) is 0 Å². The van der Waals surface area contributed by atoms with Gasteiger partial charge in [0.2, 0.25) is 0 Å². The van der Waals surface area contributed by atoms with Crippen molar-refractivity contribution >= 4 is 32.5 Å². The molecule has 0 fully saturated rings. The largest absolute Gasteiger partial charge is 0.346 e. The number of aromatic amines is 1. The van der Waals surface area contributed by atoms with Crippen LogP contribution in [0.25, 0.3) is 16.6 Å². The average Bonchev–Trinajstić information content (AvgIpc) is 2.71. The predicted octanol–water partition coefficient (Wildman–Crippen LogP) is 3.09. The van der Waals surface area contributed by atoms with Crippen LogP contribution in [-0.2, 0) is 0 Å². The monoisotopic (exact) mass is 291 g/mol. The molecule has 1 aliphatic heterocycles. The first-order valence-electron chi connectivity index (χ1n) is 5.79. The van der Waals surface area contributed by atoms with E-state index in [0.717, 1.165) is 23.1 Å². The molecule has 2 aromatic rings. The molecule has 2 aromatic heterocycles. The standard InChI is InChI=1S/C13H14BrN3/c1-8-4-9(2-3-15-8)12-7-17-13-11(12)5-10(14)6-16-13/h2,5-8,15H,3-4H2,1H3,(H,16,17). The number of hydrogen-bond donors (Lipinski definition) is 2. The molecule has 0 saturated heterocycles. The zero-order valence-electron chi connectivity index (χ0n) is 9.63. The number of halogens is 1. The van der Waals surface area contributed by atoms with Crippen LogP contribution in [0.15, 0.2) is 29.0 Å². The Morgan fingerprint density at radius 2 is 2.35 bits per heavy atom. The molecule has 17 heavy (non-hydrogen) atoms. The number of aromatic nitrogens is 2. The van der Waals surface area contributed by atoms with Crippen LogP contribution in [0, 0.1) is 0 Å². The molecule has 3 heterocycles. The molecule has 4 heteroatoms. The van der Waals surface area contributed by atoms with Crippen molar-refractivity contribution in [1.82, 2.24) is 15.3 Å². The lowest BCUT2D eigenvalue weighted by Crippen LogP contribution is -2.29. The van der Waals surface area contributed by atoms with Gasteiger partial charge in [-0.1, -0.05) is 6.08 Å². The van der Waals surface area contributed by atoms with E-state index < -0.39 is 0 Å². The van der Waals surface area contributed by atoms with Gasteiger partial charge in [0.05, 0.1) is 0 Å². The van der Waals surface area contributed by atoms with Gasteiger partial charge in [0, 0.05) is 40.4 Å². The summed E-state index contributed by atoms with van der Waals surface area (Å²) in [5, 5.41) is 4.62. The second-order valence-electron chi connectivity index (χ2n) is 4.49. The number of H-pyrrole nitrogens is 1. The molecule has 3 nitrogen and oxygen atoms in total. The summed E-state index contributed by atoms with van der Waals surface area (Å²) < 4.78 is 1.02. The van der Waals surface area contributed by atoms with Crippen LogP contribution >= 0.6 is 15.9 Å². The van der Waals surface area contributed by atoms with Gasteiger partial charge in [-0.15, -0.1) is 0 Å². The molecular weight excluding hydrogens is 278 g/mol. The Labute approximate surface area is 108 Å². The predicted molar refractivity (Wildman–Crippen MR) is 73.9 cm³/mol. The van der Waals surface area contributed by atoms with Crippen molar-refractivity contribution in [2.75, 3.05) is 6.54 Å². The fourth-order valence-corrected chi connectivity index (χ4v) is 2.66. The van der Waals surface area contributed by atoms with Crippen LogP contribution < -0.4 is 5.32 Å². The topological polar surface area (TPSA) is 40.7 Å². The van der Waals surface area contributed by atoms with E-state index in [-0.39, 0.29) is 0 Å². The average molecular weight is 292 g/mol. The first kappa shape index (κ1) is 11.0. The van der Waals surface area contributed by atoms with E-state index in [0.29, 0.717) is 6.04 Å². The molecule has 1 atom stereocenters. The molecular formula is C13H14BrN3. The summed E-state index contributed by atoms with van der Waals surface area (Å²) in [6.07, 6.45) is 7.22. The van der Waals surface area contributed by atoms with Crippen LogP contribution in [0.5, 0.6) is 0 Å². The summed E-state index contributed by atoms with van der Waals surface area (Å²) in [6.45, 7) is 3.17. The summed E-state index contributed by atoms with van der Waals surface area (Å²) in [5.41, 5.74) is 3.64. The molecule has 0 aromatic carbocycles. The van der Waals surface area contributed by atoms with Gasteiger partial charge in [-0.3, -0.25) is 0 Å². The molecule has 88 valence electrons. The van der Waals surface area contributed by atoms with E-state index in [1.54, 1.807) is 0 Å². The third kappa shape index (κ3) is 2.03. The van der Waals surface area contributed by atoms with E-state index >= 15 is 0 Å². The van der Waals surface area contributed by atoms with Gasteiger partial charge in [-0.25, -0.2) is 4.98 Å². The molecule has 3 rings (SSSR count). The minimum atomic E-state index is 0.542. The number of nitrogens with one attached hydrogen (secondary N) is 2. The third-order valence-corrected chi connectivity index (χ3v) is 3.62. The van der Waals surface area contributed by atoms with E-state index in [1.807, 2.05) is 6.20 Å². The summed E-state index contributed by atoms with van der Waals surface area (Å²) in [6, 6.07) is 2.67. The number of pyridine rings is 1. The maximum atomic E-state index is 4.37. The van der Waals surface area contributed by atoms with Crippen molar-refractivity contribution in [2.24, 2.45) is 0 Å². The Balaban J connectivity index is 2.11. The lowest BCUT2D eigenvalue weighted by Gasteiger charge is -2.20. The molecule has 0 bridgehead atoms. The van der Waals surface area contributed by atoms with Crippen LogP contribution in [-0.4, -0.2) is 22.6 Å². The van der Waals surface area contributed by atoms with Crippen LogP contribution in [0.2, 0.25) is 0 Å². The normalized spacial score (nSPS) is 20.6. The van der Waals surface area contributed by atoms with Gasteiger partial charge in [0.25, 0.3) is 0 Å². The molecule has 1 aliphatic rings. The van der Waals surface area contributed by atoms with E-state index in [1.165, 1.54) is 16.5 Å². The van der Waals surface area contributed by atoms with Gasteiger partial charge >= 0.3 is 0 Å². The highest BCUT2D eigenvalue weighted by atomic mass is 79.9. The lowest BCUT2D eigenvalue weighted by atomic mass is 9.96. The van der Waals surface area contributed by atoms with Gasteiger partial charge < -0.3 is 10.3 Å². The SMILES string of the molecule is CC1CC(c2c[nH]c3ncc(Br)cc23)=CCN1. The van der Waals surface area contributed by atoms with E-state index in [4.69, 9.17) is 0 Å². The molecule has 0 amide bonds. The van der Waals surface area contributed by atoms with Crippen molar-refractivity contribution in [1.29, 1.82) is 0 Å². The van der Waals surface area contributed by atoms with Gasteiger partial charge in [-0.05, 0) is 40.9 Å². The van der Waals surface area contributed by atoms with E-state index in [2.05, 4.69) is 56.5 Å². The van der Waals surface area contributed by atoms with Crippen molar-refractivity contribution in [3.8, 4) is 0 Å². The Morgan fingerprint density at radius 3 is 3.18 bits per heavy atom. The first-order chi connectivity index (χ1) is 8.24. The maximum Gasteiger partial charge on any atom is 0.137 e. The fraction of sp³-hybridized carbons (Fsp3) is 0.308. The Bertz CT molecular complexity index is 585. The van der Waals surface area contributed by atoms with Crippen LogP contribution in [0.1, 0.15) is 18.9 Å². The lowest BCUT2D eigenvalue weighted by molar-refractivity contribution is 0.579. The van der Waals surface area contributed by atoms with Gasteiger partial charge in [0.15, 0.2) is 0 Å². The van der Waals surface area contributed by atoms with Crippen molar-refractivity contribution in [2.45, 2.75) is 19.4 Å². The van der Waals surface area contributed by atoms with Crippen molar-refractivity contribution in [3.05, 3.63) is 34.6 Å². The molecule has 0 spiro atoms. The van der Waals surface area contributed by atoms with Gasteiger partial charge in [0.1, 0.15) is 5.65 Å². The first-order valence-corrected chi connectivity index (χ1v) is 6.59. The quantitative estimate of drug-likeness (QED) is 0.848. The van der Waals surface area contributed by atoms with Crippen LogP contribution in [0.3, 0.4) is 0 Å². The Hall–Kier alpha value is -1.13. The molecule has 0 aliphatic carbocycles. The number of nitrogens with zero attached hydrogens (tertiary/aromatic N) is 1. The fourth-order valence-electron chi connectivity index (χ4n) is 2.33. The zero-order valence-corrected chi connectivity index (χ0v) is 11.2. The van der Waals surface area contributed by atoms with Crippen molar-refractivity contribution in [3.63, 3.8) is 0 Å². The summed E-state index contributed by atoms with van der Waals surface area (Å²) >= 11 is 3.48. The van der Waals surface area contributed by atoms with Crippen LogP contribution in [0.4, 0.5) is 0 Å². The minimum absolute atomic E-state index is 0.542. The Kier molecular flexibility index (Phi) is 2.76. The van der Waals surface area contributed by atoms with Crippen molar-refractivity contribution < 1.29 is 0 Å². The number of fused-ring (bicyclic) bond motifs is 1. The smallest absolute Gasteiger partial charge is 0.137 e. The summed E-state index contributed by atoms with van der Waals surface area (Å²) in [4.78, 5) is 7.60. The summed E-state index contributed by atoms with van der Waals surface area (Å²) in [7, 11) is 0. The molecule has 0 saturated carbocycles. The second kappa shape index (κ2) is 4.27. The molecule has 2 N–H and O–H groups in total. The number of rotatable bonds is 1. The second-order valence-corrected chi connectivity index (χ2v) is 5.41. The number of hydrogen-bond acceptors (Lipinski definition) is 2. The third-order valence-electron chi connectivity index (χ3n) is 3.18. The van der Waals surface area contributed by atoms with E-state index in [9.17, 15) is 0 Å². The highest BCUT2D eigenvalue weighted by Crippen LogP contribution is 2.29. The minimum Gasteiger partial charge on any atom is -0.346 e. The Morgan fingerprint density at radius 1 is 1.47 bits per heavy atom. The highest BCUT2D eigenvalue weighted by Gasteiger charge is 2.15. The molecule has 1 unspecified atom stereocenters.